The van der Waals surface area contributed by atoms with Gasteiger partial charge in [0.2, 0.25) is 0 Å². The molecule has 0 aromatic carbocycles. The van der Waals surface area contributed by atoms with Crippen LogP contribution in [-0.4, -0.2) is 32.3 Å². The van der Waals surface area contributed by atoms with E-state index in [1.54, 1.807) is 0 Å². The maximum absolute atomic E-state index is 5.87. The van der Waals surface area contributed by atoms with Crippen molar-refractivity contribution in [2.75, 3.05) is 26.3 Å². The standard InChI is InChI=1S/C15H31N3O.HI/c1-2-19-12-8-11-17-15(16)18-13-14-9-6-4-3-5-7-10-14;/h14H,2-13H2,1H3,(H3,16,17,18);1H. The van der Waals surface area contributed by atoms with Gasteiger partial charge in [-0.3, -0.25) is 4.99 Å². The van der Waals surface area contributed by atoms with Crippen molar-refractivity contribution in [3.8, 4) is 0 Å². The molecule has 1 rings (SSSR count). The highest BCUT2D eigenvalue weighted by molar-refractivity contribution is 14.0. The second-order valence-corrected chi connectivity index (χ2v) is 5.41. The average molecular weight is 397 g/mol. The molecule has 5 heteroatoms. The van der Waals surface area contributed by atoms with Gasteiger partial charge >= 0.3 is 0 Å². The Morgan fingerprint density at radius 2 is 1.85 bits per heavy atom. The number of guanidine groups is 1. The molecule has 0 spiro atoms. The van der Waals surface area contributed by atoms with Gasteiger partial charge in [-0.1, -0.05) is 32.1 Å². The van der Waals surface area contributed by atoms with Crippen LogP contribution >= 0.6 is 24.0 Å². The summed E-state index contributed by atoms with van der Waals surface area (Å²) in [7, 11) is 0. The molecule has 0 heterocycles. The van der Waals surface area contributed by atoms with Crippen molar-refractivity contribution in [1.29, 1.82) is 0 Å². The monoisotopic (exact) mass is 397 g/mol. The van der Waals surface area contributed by atoms with Gasteiger partial charge in [0.1, 0.15) is 0 Å². The van der Waals surface area contributed by atoms with Gasteiger partial charge in [-0.15, -0.1) is 24.0 Å². The molecular weight excluding hydrogens is 365 g/mol. The summed E-state index contributed by atoms with van der Waals surface area (Å²) < 4.78 is 5.28. The number of hydrogen-bond donors (Lipinski definition) is 2. The van der Waals surface area contributed by atoms with Crippen molar-refractivity contribution in [1.82, 2.24) is 5.32 Å². The van der Waals surface area contributed by atoms with Crippen LogP contribution in [0.4, 0.5) is 0 Å². The SMILES string of the molecule is CCOCCCNC(N)=NCC1CCCCCCC1.I. The largest absolute Gasteiger partial charge is 0.382 e. The second kappa shape index (κ2) is 13.9. The molecule has 0 bridgehead atoms. The quantitative estimate of drug-likeness (QED) is 0.300. The first kappa shape index (κ1) is 20.0. The third-order valence-electron chi connectivity index (χ3n) is 3.72. The lowest BCUT2D eigenvalue weighted by atomic mass is 9.91. The van der Waals surface area contributed by atoms with E-state index in [-0.39, 0.29) is 24.0 Å². The van der Waals surface area contributed by atoms with Crippen LogP contribution in [0.15, 0.2) is 4.99 Å². The first-order valence-electron chi connectivity index (χ1n) is 7.94. The smallest absolute Gasteiger partial charge is 0.188 e. The molecule has 120 valence electrons. The summed E-state index contributed by atoms with van der Waals surface area (Å²) in [5.41, 5.74) is 5.87. The van der Waals surface area contributed by atoms with Gasteiger partial charge in [0.15, 0.2) is 5.96 Å². The van der Waals surface area contributed by atoms with Gasteiger partial charge in [-0.05, 0) is 32.1 Å². The third-order valence-corrected chi connectivity index (χ3v) is 3.72. The third kappa shape index (κ3) is 10.7. The minimum atomic E-state index is 0. The fraction of sp³-hybridized carbons (Fsp3) is 0.933. The zero-order valence-electron chi connectivity index (χ0n) is 12.9. The Balaban J connectivity index is 0.00000361. The number of aliphatic imine (C=N–C) groups is 1. The van der Waals surface area contributed by atoms with E-state index in [0.717, 1.165) is 38.6 Å². The fourth-order valence-electron chi connectivity index (χ4n) is 2.54. The summed E-state index contributed by atoms with van der Waals surface area (Å²) in [4.78, 5) is 4.48. The van der Waals surface area contributed by atoms with Crippen LogP contribution < -0.4 is 11.1 Å². The number of halogens is 1. The number of rotatable bonds is 7. The highest BCUT2D eigenvalue weighted by Gasteiger charge is 2.10. The number of hydrogen-bond acceptors (Lipinski definition) is 2. The molecule has 0 radical (unpaired) electrons. The number of ether oxygens (including phenoxy) is 1. The van der Waals surface area contributed by atoms with E-state index >= 15 is 0 Å². The average Bonchev–Trinajstić information content (AvgIpc) is 2.37. The van der Waals surface area contributed by atoms with E-state index in [1.807, 2.05) is 6.92 Å². The number of nitrogens with two attached hydrogens (primary N) is 1. The lowest BCUT2D eigenvalue weighted by molar-refractivity contribution is 0.145. The molecule has 0 amide bonds. The van der Waals surface area contributed by atoms with Gasteiger partial charge < -0.3 is 15.8 Å². The molecule has 3 N–H and O–H groups in total. The second-order valence-electron chi connectivity index (χ2n) is 5.41. The Bertz CT molecular complexity index is 241. The van der Waals surface area contributed by atoms with Crippen molar-refractivity contribution < 1.29 is 4.74 Å². The van der Waals surface area contributed by atoms with Crippen LogP contribution in [0.25, 0.3) is 0 Å². The van der Waals surface area contributed by atoms with E-state index in [0.29, 0.717) is 5.96 Å². The molecular formula is C15H32IN3O. The molecule has 1 saturated carbocycles. The van der Waals surface area contributed by atoms with Gasteiger partial charge in [-0.2, -0.15) is 0 Å². The molecule has 0 aromatic rings. The van der Waals surface area contributed by atoms with Crippen LogP contribution in [-0.2, 0) is 4.74 Å². The summed E-state index contributed by atoms with van der Waals surface area (Å²) >= 11 is 0. The maximum Gasteiger partial charge on any atom is 0.188 e. The zero-order chi connectivity index (χ0) is 13.8. The van der Waals surface area contributed by atoms with E-state index in [9.17, 15) is 0 Å². The molecule has 4 nitrogen and oxygen atoms in total. The topological polar surface area (TPSA) is 59.6 Å². The van der Waals surface area contributed by atoms with Crippen LogP contribution in [0.2, 0.25) is 0 Å². The molecule has 0 unspecified atom stereocenters. The summed E-state index contributed by atoms with van der Waals surface area (Å²) in [5, 5.41) is 3.16. The Morgan fingerprint density at radius 3 is 2.50 bits per heavy atom. The predicted molar refractivity (Wildman–Crippen MR) is 96.8 cm³/mol. The predicted octanol–water partition coefficient (Wildman–Crippen LogP) is 3.30. The Kier molecular flexibility index (Phi) is 13.9. The summed E-state index contributed by atoms with van der Waals surface area (Å²) in [5.74, 6) is 1.34. The molecule has 20 heavy (non-hydrogen) atoms. The normalized spacial score (nSPS) is 17.9. The summed E-state index contributed by atoms with van der Waals surface area (Å²) in [6.45, 7) is 5.33. The van der Waals surface area contributed by atoms with Crippen molar-refractivity contribution in [3.63, 3.8) is 0 Å². The first-order chi connectivity index (χ1) is 9.33. The van der Waals surface area contributed by atoms with Crippen molar-refractivity contribution in [2.45, 2.75) is 58.3 Å². The molecule has 0 aliphatic heterocycles. The molecule has 0 saturated heterocycles. The Hall–Kier alpha value is -0.0400. The Labute approximate surface area is 141 Å². The van der Waals surface area contributed by atoms with Crippen LogP contribution in [0, 0.1) is 5.92 Å². The van der Waals surface area contributed by atoms with Gasteiger partial charge in [0, 0.05) is 26.3 Å². The lowest BCUT2D eigenvalue weighted by Crippen LogP contribution is -2.33. The minimum absolute atomic E-state index is 0. The van der Waals surface area contributed by atoms with E-state index in [2.05, 4.69) is 10.3 Å². The summed E-state index contributed by atoms with van der Waals surface area (Å²) in [6.07, 6.45) is 10.6. The molecule has 0 aromatic heterocycles. The van der Waals surface area contributed by atoms with Gasteiger partial charge in [0.05, 0.1) is 0 Å². The molecule has 1 aliphatic carbocycles. The van der Waals surface area contributed by atoms with Crippen LogP contribution in [0.3, 0.4) is 0 Å². The van der Waals surface area contributed by atoms with Gasteiger partial charge in [-0.25, -0.2) is 0 Å². The first-order valence-corrected chi connectivity index (χ1v) is 7.94. The van der Waals surface area contributed by atoms with Crippen molar-refractivity contribution >= 4 is 29.9 Å². The van der Waals surface area contributed by atoms with Crippen LogP contribution in [0.5, 0.6) is 0 Å². The number of nitrogens with one attached hydrogen (secondary N) is 1. The van der Waals surface area contributed by atoms with E-state index in [4.69, 9.17) is 10.5 Å². The van der Waals surface area contributed by atoms with Crippen molar-refractivity contribution in [3.05, 3.63) is 0 Å². The van der Waals surface area contributed by atoms with Gasteiger partial charge in [0.25, 0.3) is 0 Å². The lowest BCUT2D eigenvalue weighted by Gasteiger charge is -2.17. The van der Waals surface area contributed by atoms with Crippen molar-refractivity contribution in [2.24, 2.45) is 16.6 Å². The summed E-state index contributed by atoms with van der Waals surface area (Å²) in [6, 6.07) is 0. The van der Waals surface area contributed by atoms with Crippen LogP contribution in [0.1, 0.15) is 58.3 Å². The zero-order valence-corrected chi connectivity index (χ0v) is 15.2. The fourth-order valence-corrected chi connectivity index (χ4v) is 2.54. The molecule has 0 atom stereocenters. The van der Waals surface area contributed by atoms with E-state index < -0.39 is 0 Å². The highest BCUT2D eigenvalue weighted by atomic mass is 127. The maximum atomic E-state index is 5.87. The number of nitrogens with zero attached hydrogens (tertiary/aromatic N) is 1. The minimum Gasteiger partial charge on any atom is -0.382 e. The highest BCUT2D eigenvalue weighted by Crippen LogP contribution is 2.22. The molecule has 1 aliphatic rings. The van der Waals surface area contributed by atoms with E-state index in [1.165, 1.54) is 44.9 Å². The molecule has 1 fully saturated rings. The Morgan fingerprint density at radius 1 is 1.20 bits per heavy atom.